The molecule has 0 saturated heterocycles. The van der Waals surface area contributed by atoms with E-state index in [9.17, 15) is 0 Å². The van der Waals surface area contributed by atoms with Gasteiger partial charge < -0.3 is 10.5 Å². The van der Waals surface area contributed by atoms with Gasteiger partial charge in [0.05, 0.1) is 6.61 Å². The Hall–Kier alpha value is -1.06. The van der Waals surface area contributed by atoms with Crippen molar-refractivity contribution in [2.75, 3.05) is 26.2 Å². The van der Waals surface area contributed by atoms with Crippen LogP contribution in [0, 0.1) is 0 Å². The van der Waals surface area contributed by atoms with E-state index in [2.05, 4.69) is 43.9 Å². The summed E-state index contributed by atoms with van der Waals surface area (Å²) in [5, 5.41) is 0. The summed E-state index contributed by atoms with van der Waals surface area (Å²) >= 11 is 0. The topological polar surface area (TPSA) is 38.5 Å². The van der Waals surface area contributed by atoms with E-state index in [1.807, 2.05) is 0 Å². The zero-order valence-corrected chi connectivity index (χ0v) is 13.1. The second-order valence-electron chi connectivity index (χ2n) is 5.92. The molecule has 0 fully saturated rings. The van der Waals surface area contributed by atoms with Gasteiger partial charge in [-0.2, -0.15) is 0 Å². The smallest absolute Gasteiger partial charge is 0.122 e. The van der Waals surface area contributed by atoms with E-state index < -0.39 is 0 Å². The zero-order chi connectivity index (χ0) is 14.6. The SMILES string of the molecule is CCN(CCc1ccc2c(c1)CCO2)C(C)(CC)CN. The van der Waals surface area contributed by atoms with Crippen LogP contribution in [-0.2, 0) is 12.8 Å². The second kappa shape index (κ2) is 6.59. The Kier molecular flexibility index (Phi) is 5.06. The molecule has 1 heterocycles. The lowest BCUT2D eigenvalue weighted by Gasteiger charge is -2.39. The molecular formula is C17H28N2O. The van der Waals surface area contributed by atoms with Gasteiger partial charge in [-0.3, -0.25) is 4.90 Å². The van der Waals surface area contributed by atoms with Crippen LogP contribution in [0.1, 0.15) is 38.3 Å². The van der Waals surface area contributed by atoms with Crippen molar-refractivity contribution >= 4 is 0 Å². The van der Waals surface area contributed by atoms with Crippen molar-refractivity contribution in [2.45, 2.75) is 45.6 Å². The van der Waals surface area contributed by atoms with Crippen LogP contribution in [0.2, 0.25) is 0 Å². The highest BCUT2D eigenvalue weighted by Crippen LogP contribution is 2.26. The molecule has 0 aromatic heterocycles. The van der Waals surface area contributed by atoms with E-state index in [0.717, 1.165) is 51.3 Å². The Morgan fingerprint density at radius 2 is 2.15 bits per heavy atom. The van der Waals surface area contributed by atoms with Gasteiger partial charge >= 0.3 is 0 Å². The fourth-order valence-corrected chi connectivity index (χ4v) is 2.97. The third-order valence-electron chi connectivity index (χ3n) is 4.77. The number of ether oxygens (including phenoxy) is 1. The van der Waals surface area contributed by atoms with Crippen molar-refractivity contribution in [1.29, 1.82) is 0 Å². The third-order valence-corrected chi connectivity index (χ3v) is 4.77. The molecule has 0 bridgehead atoms. The zero-order valence-electron chi connectivity index (χ0n) is 13.1. The molecule has 0 spiro atoms. The maximum Gasteiger partial charge on any atom is 0.122 e. The van der Waals surface area contributed by atoms with Gasteiger partial charge in [0.25, 0.3) is 0 Å². The van der Waals surface area contributed by atoms with Gasteiger partial charge in [-0.1, -0.05) is 26.0 Å². The Bertz CT molecular complexity index is 441. The van der Waals surface area contributed by atoms with E-state index in [1.165, 1.54) is 11.1 Å². The highest BCUT2D eigenvalue weighted by molar-refractivity contribution is 5.39. The molecule has 0 aliphatic carbocycles. The summed E-state index contributed by atoms with van der Waals surface area (Å²) in [6, 6.07) is 6.63. The Balaban J connectivity index is 2.00. The molecule has 3 heteroatoms. The average molecular weight is 276 g/mol. The fraction of sp³-hybridized carbons (Fsp3) is 0.647. The molecule has 0 amide bonds. The normalized spacial score (nSPS) is 16.9. The molecule has 2 rings (SSSR count). The van der Waals surface area contributed by atoms with Crippen LogP contribution in [0.5, 0.6) is 5.75 Å². The van der Waals surface area contributed by atoms with Gasteiger partial charge in [-0.15, -0.1) is 0 Å². The molecule has 1 aromatic rings. The van der Waals surface area contributed by atoms with Crippen molar-refractivity contribution < 1.29 is 4.74 Å². The highest BCUT2D eigenvalue weighted by Gasteiger charge is 2.27. The Morgan fingerprint density at radius 1 is 1.35 bits per heavy atom. The van der Waals surface area contributed by atoms with Crippen LogP contribution < -0.4 is 10.5 Å². The minimum Gasteiger partial charge on any atom is -0.493 e. The van der Waals surface area contributed by atoms with Crippen molar-refractivity contribution in [3.8, 4) is 5.75 Å². The molecule has 1 aliphatic rings. The molecule has 0 saturated carbocycles. The summed E-state index contributed by atoms with van der Waals surface area (Å²) < 4.78 is 5.56. The number of likely N-dealkylation sites (N-methyl/N-ethyl adjacent to an activating group) is 1. The predicted octanol–water partition coefficient (Wildman–Crippen LogP) is 2.61. The van der Waals surface area contributed by atoms with Crippen molar-refractivity contribution in [3.63, 3.8) is 0 Å². The number of nitrogens with two attached hydrogens (primary N) is 1. The lowest BCUT2D eigenvalue weighted by molar-refractivity contribution is 0.114. The highest BCUT2D eigenvalue weighted by atomic mass is 16.5. The summed E-state index contributed by atoms with van der Waals surface area (Å²) in [7, 11) is 0. The Morgan fingerprint density at radius 3 is 2.80 bits per heavy atom. The largest absolute Gasteiger partial charge is 0.493 e. The van der Waals surface area contributed by atoms with Crippen molar-refractivity contribution in [3.05, 3.63) is 29.3 Å². The molecule has 20 heavy (non-hydrogen) atoms. The summed E-state index contributed by atoms with van der Waals surface area (Å²) in [6.45, 7) is 10.4. The van der Waals surface area contributed by atoms with Crippen LogP contribution >= 0.6 is 0 Å². The van der Waals surface area contributed by atoms with Gasteiger partial charge in [-0.25, -0.2) is 0 Å². The van der Waals surface area contributed by atoms with Crippen molar-refractivity contribution in [2.24, 2.45) is 5.73 Å². The number of fused-ring (bicyclic) bond motifs is 1. The summed E-state index contributed by atoms with van der Waals surface area (Å²) in [6.07, 6.45) is 3.22. The molecular weight excluding hydrogens is 248 g/mol. The van der Waals surface area contributed by atoms with Crippen LogP contribution in [-0.4, -0.2) is 36.7 Å². The predicted molar refractivity (Wildman–Crippen MR) is 84.3 cm³/mol. The molecule has 1 atom stereocenters. The molecule has 1 aromatic carbocycles. The van der Waals surface area contributed by atoms with Crippen LogP contribution in [0.4, 0.5) is 0 Å². The summed E-state index contributed by atoms with van der Waals surface area (Å²) in [5.74, 6) is 1.07. The van der Waals surface area contributed by atoms with Gasteiger partial charge in [0.15, 0.2) is 0 Å². The van der Waals surface area contributed by atoms with Gasteiger partial charge in [-0.05, 0) is 43.5 Å². The number of benzene rings is 1. The number of rotatable bonds is 7. The minimum absolute atomic E-state index is 0.120. The first kappa shape index (κ1) is 15.3. The van der Waals surface area contributed by atoms with E-state index >= 15 is 0 Å². The molecule has 3 nitrogen and oxygen atoms in total. The first-order valence-corrected chi connectivity index (χ1v) is 7.82. The number of hydrogen-bond donors (Lipinski definition) is 1. The van der Waals surface area contributed by atoms with Crippen LogP contribution in [0.3, 0.4) is 0 Å². The molecule has 0 radical (unpaired) electrons. The average Bonchev–Trinajstić information content (AvgIpc) is 2.95. The summed E-state index contributed by atoms with van der Waals surface area (Å²) in [4.78, 5) is 2.51. The molecule has 2 N–H and O–H groups in total. The lowest BCUT2D eigenvalue weighted by atomic mass is 9.95. The first-order chi connectivity index (χ1) is 9.62. The maximum atomic E-state index is 5.98. The molecule has 112 valence electrons. The van der Waals surface area contributed by atoms with Gasteiger partial charge in [0, 0.05) is 25.0 Å². The fourth-order valence-electron chi connectivity index (χ4n) is 2.97. The number of nitrogens with zero attached hydrogens (tertiary/aromatic N) is 1. The van der Waals surface area contributed by atoms with Gasteiger partial charge in [0.2, 0.25) is 0 Å². The maximum absolute atomic E-state index is 5.98. The quantitative estimate of drug-likeness (QED) is 0.832. The molecule has 1 unspecified atom stereocenters. The standard InChI is InChI=1S/C17H28N2O/c1-4-17(3,13-18)19(5-2)10-8-14-6-7-16-15(12-14)9-11-20-16/h6-7,12H,4-5,8-11,13,18H2,1-3H3. The lowest BCUT2D eigenvalue weighted by Crippen LogP contribution is -2.51. The van der Waals surface area contributed by atoms with E-state index in [-0.39, 0.29) is 5.54 Å². The Labute approximate surface area is 123 Å². The van der Waals surface area contributed by atoms with Crippen LogP contribution in [0.15, 0.2) is 18.2 Å². The minimum atomic E-state index is 0.120. The van der Waals surface area contributed by atoms with E-state index in [0.29, 0.717) is 0 Å². The monoisotopic (exact) mass is 276 g/mol. The van der Waals surface area contributed by atoms with E-state index in [4.69, 9.17) is 10.5 Å². The second-order valence-corrected chi connectivity index (χ2v) is 5.92. The molecule has 1 aliphatic heterocycles. The third kappa shape index (κ3) is 3.15. The van der Waals surface area contributed by atoms with Crippen molar-refractivity contribution in [1.82, 2.24) is 4.90 Å². The van der Waals surface area contributed by atoms with Gasteiger partial charge in [0.1, 0.15) is 5.75 Å². The summed E-state index contributed by atoms with van der Waals surface area (Å²) in [5.41, 5.74) is 8.87. The number of hydrogen-bond acceptors (Lipinski definition) is 3. The first-order valence-electron chi connectivity index (χ1n) is 7.82. The van der Waals surface area contributed by atoms with E-state index in [1.54, 1.807) is 0 Å². The van der Waals surface area contributed by atoms with Crippen LogP contribution in [0.25, 0.3) is 0 Å².